The predicted octanol–water partition coefficient (Wildman–Crippen LogP) is 18.2. The topological polar surface area (TPSA) is 208 Å². The van der Waals surface area contributed by atoms with Gasteiger partial charge in [0.2, 0.25) is 0 Å². The first-order valence-electron chi connectivity index (χ1n) is 31.3. The SMILES string of the molecule is CC(O)CC(C)O.CC(O)CC(C)O.Fc1c[c-]c(-c2ccccn2)c(F)c1.Fc1c[c-]c(-c2ccccn2)c(F)c1.O=C(O)c1ccccn1.[Pd].[Pd].[Pd].[Pd].[Rh].[Rh].[c-]1c(-c2ccccn2)sc2ccccc12.[c-]1ccccc1-c1ccccn1.[c-]1ccccc1-c1ccccn1.[c-]1ccsc1-c1ccccn1. The average Bonchev–Trinajstić information content (AvgIpc) is 1.67. The molecular weight excluding hydrogens is 1950 g/mol. The Balaban J connectivity index is 0.00000118. The first-order valence-corrected chi connectivity index (χ1v) is 33.0. The molecular formula is C82H71F4N7O6Pd4Rh2S2-6. The average molecular weight is 2020 g/mol. The number of fused-ring (bicyclic) bond motifs is 1. The zero-order valence-corrected chi connectivity index (χ0v) is 68.4. The zero-order chi connectivity index (χ0) is 72.4. The van der Waals surface area contributed by atoms with Crippen molar-refractivity contribution in [3.8, 4) is 66.2 Å². The van der Waals surface area contributed by atoms with E-state index in [1.54, 1.807) is 130 Å². The number of benzene rings is 5. The summed E-state index contributed by atoms with van der Waals surface area (Å²) >= 11 is 3.39. The van der Waals surface area contributed by atoms with Gasteiger partial charge in [-0.25, -0.2) is 32.5 Å². The number of aliphatic hydroxyl groups is 4. The van der Waals surface area contributed by atoms with E-state index in [2.05, 4.69) is 89.5 Å². The van der Waals surface area contributed by atoms with E-state index in [1.807, 2.05) is 145 Å². The molecule has 0 bridgehead atoms. The minimum absolute atomic E-state index is 0. The van der Waals surface area contributed by atoms with Crippen molar-refractivity contribution in [2.45, 2.75) is 65.0 Å². The summed E-state index contributed by atoms with van der Waals surface area (Å²) in [4.78, 5) is 40.8. The van der Waals surface area contributed by atoms with Crippen LogP contribution in [0.2, 0.25) is 0 Å². The Morgan fingerprint density at radius 1 is 0.402 bits per heavy atom. The molecule has 0 saturated heterocycles. The molecule has 574 valence electrons. The molecule has 0 aliphatic carbocycles. The Kier molecular flexibility index (Phi) is 53.9. The van der Waals surface area contributed by atoms with E-state index in [0.29, 0.717) is 24.2 Å². The van der Waals surface area contributed by atoms with Crippen LogP contribution in [0.3, 0.4) is 0 Å². The maximum Gasteiger partial charge on any atom is 0.354 e. The number of pyridine rings is 7. The number of thiophene rings is 2. The van der Waals surface area contributed by atoms with Crippen molar-refractivity contribution >= 4 is 38.7 Å². The quantitative estimate of drug-likeness (QED) is 0.0464. The molecule has 0 fully saturated rings. The monoisotopic (exact) mass is 2020 g/mol. The molecule has 0 aliphatic rings. The summed E-state index contributed by atoms with van der Waals surface area (Å²) in [6.07, 6.45) is 11.2. The van der Waals surface area contributed by atoms with Crippen LogP contribution in [0.4, 0.5) is 17.6 Å². The second-order valence-electron chi connectivity index (χ2n) is 21.3. The van der Waals surface area contributed by atoms with Gasteiger partial charge in [0.1, 0.15) is 5.69 Å². The molecule has 0 aliphatic heterocycles. The van der Waals surface area contributed by atoms with E-state index in [0.717, 1.165) is 67.9 Å². The third-order valence-corrected chi connectivity index (χ3v) is 14.6. The third kappa shape index (κ3) is 39.6. The number of carboxylic acids is 1. The first kappa shape index (κ1) is 99.7. The Bertz CT molecular complexity index is 4240. The van der Waals surface area contributed by atoms with E-state index in [9.17, 15) is 22.4 Å². The first-order chi connectivity index (χ1) is 48.9. The second-order valence-corrected chi connectivity index (χ2v) is 23.2. The summed E-state index contributed by atoms with van der Waals surface area (Å²) in [5.41, 5.74) is 7.38. The van der Waals surface area contributed by atoms with E-state index < -0.39 is 29.2 Å². The number of nitrogens with zero attached hydrogens (tertiary/aromatic N) is 7. The van der Waals surface area contributed by atoms with Crippen molar-refractivity contribution in [1.82, 2.24) is 34.9 Å². The summed E-state index contributed by atoms with van der Waals surface area (Å²) in [5.74, 6) is -3.56. The van der Waals surface area contributed by atoms with Gasteiger partial charge in [-0.3, -0.25) is 17.6 Å². The van der Waals surface area contributed by atoms with Gasteiger partial charge < -0.3 is 55.4 Å². The number of aromatic nitrogens is 7. The molecule has 2 radical (unpaired) electrons. The fourth-order valence-electron chi connectivity index (χ4n) is 8.34. The molecule has 0 spiro atoms. The van der Waals surface area contributed by atoms with Crippen molar-refractivity contribution in [3.05, 3.63) is 345 Å². The van der Waals surface area contributed by atoms with Gasteiger partial charge in [-0.15, -0.1) is 125 Å². The summed E-state index contributed by atoms with van der Waals surface area (Å²) in [7, 11) is 0. The molecule has 5 N–H and O–H groups in total. The summed E-state index contributed by atoms with van der Waals surface area (Å²) in [6.45, 7) is 6.64. The van der Waals surface area contributed by atoms with Gasteiger partial charge in [0.15, 0.2) is 0 Å². The van der Waals surface area contributed by atoms with Crippen molar-refractivity contribution in [3.63, 3.8) is 0 Å². The molecule has 14 aromatic rings. The van der Waals surface area contributed by atoms with Gasteiger partial charge in [-0.2, -0.15) is 12.1 Å². The molecule has 4 atom stereocenters. The van der Waals surface area contributed by atoms with E-state index in [1.165, 1.54) is 22.3 Å². The van der Waals surface area contributed by atoms with Crippen LogP contribution in [0.25, 0.3) is 76.3 Å². The van der Waals surface area contributed by atoms with Crippen LogP contribution in [-0.2, 0) is 121 Å². The molecule has 107 heavy (non-hydrogen) atoms. The Labute approximate surface area is 710 Å². The molecule has 5 aromatic carbocycles. The van der Waals surface area contributed by atoms with Crippen molar-refractivity contribution in [2.24, 2.45) is 0 Å². The Morgan fingerprint density at radius 3 is 1.04 bits per heavy atom. The van der Waals surface area contributed by atoms with Gasteiger partial charge in [0.05, 0.1) is 24.4 Å². The number of carboxylic acid groups (broad SMARTS) is 1. The van der Waals surface area contributed by atoms with Crippen LogP contribution < -0.4 is 0 Å². The number of hydrogen-bond donors (Lipinski definition) is 5. The number of aliphatic hydroxyl groups excluding tert-OH is 4. The molecule has 0 amide bonds. The Morgan fingerprint density at radius 2 is 0.748 bits per heavy atom. The van der Waals surface area contributed by atoms with E-state index >= 15 is 0 Å². The van der Waals surface area contributed by atoms with E-state index in [4.69, 9.17) is 25.5 Å². The van der Waals surface area contributed by atoms with Gasteiger partial charge in [0.25, 0.3) is 0 Å². The standard InChI is InChI=1S/C13H8NS.2C11H6F2N.2C11H8N.C9H6NS.C6H5NO2.2C5H12O2.4Pd.2Rh/c1-2-7-12-10(5-1)9-13(15-12)11-6-3-4-8-14-11;2*12-8-4-5-9(10(13)7-8)11-3-1-2-6-14-11;2*1-2-6-10(7-3-1)11-8-4-5-9-12-11;1-2-6-10-8(4-1)9-5-3-7-11-9;8-6(9)5-3-1-2-4-7-5;2*1-4(6)3-5(2)7;;;;;;/h1-8H;2*1-4,6-7H;2*1-6,8-9H;1-4,6-7H;1-4H,(H,8,9);2*4-7H,3H2,1-2H3;;;;;;/q6*-1;;;;;;;;;. The fourth-order valence-corrected chi connectivity index (χ4v) is 9.97. The van der Waals surface area contributed by atoms with Crippen LogP contribution >= 0.6 is 22.7 Å². The minimum atomic E-state index is -0.990. The second kappa shape index (κ2) is 57.8. The van der Waals surface area contributed by atoms with Gasteiger partial charge in [0, 0.05) is 193 Å². The molecule has 25 heteroatoms. The van der Waals surface area contributed by atoms with Crippen molar-refractivity contribution < 1.29 is 169 Å². The number of halogens is 4. The molecule has 9 heterocycles. The third-order valence-electron chi connectivity index (χ3n) is 12.7. The molecule has 4 unspecified atom stereocenters. The largest absolute Gasteiger partial charge is 0.477 e. The molecule has 9 aromatic heterocycles. The molecule has 0 saturated carbocycles. The molecule has 14 rings (SSSR count). The van der Waals surface area contributed by atoms with Crippen LogP contribution in [0.15, 0.2) is 279 Å². The Hall–Kier alpha value is -7.26. The summed E-state index contributed by atoms with van der Waals surface area (Å²) in [5, 5.41) is 45.7. The maximum atomic E-state index is 13.2. The number of aromatic carboxylic acids is 1. The normalized spacial score (nSPS) is 10.5. The summed E-state index contributed by atoms with van der Waals surface area (Å²) in [6, 6.07) is 85.9. The zero-order valence-electron chi connectivity index (χ0n) is 57.3. The van der Waals surface area contributed by atoms with Gasteiger partial charge in [-0.05, 0) is 127 Å². The van der Waals surface area contributed by atoms with Crippen LogP contribution in [0, 0.1) is 59.7 Å². The van der Waals surface area contributed by atoms with Crippen LogP contribution in [0.1, 0.15) is 51.0 Å². The van der Waals surface area contributed by atoms with Crippen molar-refractivity contribution in [2.75, 3.05) is 0 Å². The fraction of sp³-hybridized carbons (Fsp3) is 0.122. The van der Waals surface area contributed by atoms with Crippen LogP contribution in [0.5, 0.6) is 0 Å². The number of hydrogen-bond acceptors (Lipinski definition) is 14. The summed E-state index contributed by atoms with van der Waals surface area (Å²) < 4.78 is 52.9. The molecule has 13 nitrogen and oxygen atoms in total. The minimum Gasteiger partial charge on any atom is -0.477 e. The smallest absolute Gasteiger partial charge is 0.354 e. The predicted molar refractivity (Wildman–Crippen MR) is 391 cm³/mol. The van der Waals surface area contributed by atoms with E-state index in [-0.39, 0.29) is 162 Å². The van der Waals surface area contributed by atoms with Crippen LogP contribution in [-0.4, -0.2) is 90.8 Å². The van der Waals surface area contributed by atoms with Gasteiger partial charge in [-0.1, -0.05) is 119 Å². The van der Waals surface area contributed by atoms with Gasteiger partial charge >= 0.3 is 5.97 Å². The number of carbonyl (C=O) groups is 1. The number of rotatable bonds is 11. The van der Waals surface area contributed by atoms with Crippen molar-refractivity contribution in [1.29, 1.82) is 0 Å². The maximum absolute atomic E-state index is 13.2.